The van der Waals surface area contributed by atoms with Crippen molar-refractivity contribution in [3.05, 3.63) is 64.7 Å². The van der Waals surface area contributed by atoms with Gasteiger partial charge < -0.3 is 20.3 Å². The largest absolute Gasteiger partial charge is 0.484 e. The molecule has 3 N–H and O–H groups in total. The molecule has 3 unspecified atom stereocenters. The van der Waals surface area contributed by atoms with Crippen molar-refractivity contribution in [3.63, 3.8) is 0 Å². The number of hydrogen-bond acceptors (Lipinski definition) is 4. The summed E-state index contributed by atoms with van der Waals surface area (Å²) in [6.45, 7) is 5.37. The Balaban J connectivity index is 0.000000527. The molecule has 148 valence electrons. The van der Waals surface area contributed by atoms with Gasteiger partial charge in [-0.05, 0) is 51.1 Å². The number of aliphatic hydroxyl groups excluding tert-OH is 1. The number of aliphatic hydroxyl groups is 1. The second-order valence-corrected chi connectivity index (χ2v) is 6.80. The summed E-state index contributed by atoms with van der Waals surface area (Å²) in [5.74, 6) is -0.450. The van der Waals surface area contributed by atoms with Crippen LogP contribution in [0.2, 0.25) is 5.02 Å². The Morgan fingerprint density at radius 1 is 1.19 bits per heavy atom. The van der Waals surface area contributed by atoms with E-state index >= 15 is 0 Å². The number of nitrogens with one attached hydrogen (secondary N) is 1. The maximum atomic E-state index is 9.45. The van der Waals surface area contributed by atoms with Crippen molar-refractivity contribution in [2.45, 2.75) is 45.4 Å². The minimum Gasteiger partial charge on any atom is -0.484 e. The van der Waals surface area contributed by atoms with Crippen molar-refractivity contribution in [2.75, 3.05) is 7.05 Å². The van der Waals surface area contributed by atoms with Crippen LogP contribution in [0.1, 0.15) is 37.5 Å². The van der Waals surface area contributed by atoms with Gasteiger partial charge in [-0.25, -0.2) is 4.79 Å². The molecular weight excluding hydrogens is 366 g/mol. The average molecular weight is 394 g/mol. The van der Waals surface area contributed by atoms with E-state index in [0.29, 0.717) is 11.1 Å². The number of aliphatic carboxylic acids is 1. The van der Waals surface area contributed by atoms with Gasteiger partial charge in [-0.15, -0.1) is 0 Å². The van der Waals surface area contributed by atoms with Gasteiger partial charge in [-0.2, -0.15) is 0 Å². The molecule has 0 radical (unpaired) electrons. The fourth-order valence-corrected chi connectivity index (χ4v) is 2.49. The minimum absolute atomic E-state index is 0.0196. The van der Waals surface area contributed by atoms with Crippen LogP contribution in [0.4, 0.5) is 0 Å². The van der Waals surface area contributed by atoms with Gasteiger partial charge in [0.25, 0.3) is 0 Å². The van der Waals surface area contributed by atoms with Crippen LogP contribution in [-0.2, 0) is 4.79 Å². The first kappa shape index (κ1) is 23.0. The van der Waals surface area contributed by atoms with E-state index in [1.807, 2.05) is 50.4 Å². The first-order valence-corrected chi connectivity index (χ1v) is 9.18. The number of carboxylic acids is 1. The van der Waals surface area contributed by atoms with Crippen LogP contribution in [-0.4, -0.2) is 35.4 Å². The molecule has 2 aromatic rings. The number of aryl methyl sites for hydroxylation is 1. The molecule has 0 saturated carbocycles. The highest BCUT2D eigenvalue weighted by molar-refractivity contribution is 6.32. The molecule has 0 bridgehead atoms. The molecule has 0 spiro atoms. The molecule has 27 heavy (non-hydrogen) atoms. The van der Waals surface area contributed by atoms with E-state index in [1.54, 1.807) is 0 Å². The van der Waals surface area contributed by atoms with Crippen LogP contribution in [0.25, 0.3) is 0 Å². The van der Waals surface area contributed by atoms with E-state index in [2.05, 4.69) is 24.4 Å². The zero-order valence-electron chi connectivity index (χ0n) is 16.1. The van der Waals surface area contributed by atoms with Crippen molar-refractivity contribution in [1.29, 1.82) is 0 Å². The Labute approximate surface area is 165 Å². The van der Waals surface area contributed by atoms with Crippen molar-refractivity contribution < 1.29 is 19.7 Å². The summed E-state index contributed by atoms with van der Waals surface area (Å²) in [7, 11) is 1.96. The Morgan fingerprint density at radius 3 is 2.26 bits per heavy atom. The zero-order chi connectivity index (χ0) is 20.4. The molecule has 0 fully saturated rings. The molecular formula is C21H28ClNO4. The van der Waals surface area contributed by atoms with E-state index in [-0.39, 0.29) is 6.10 Å². The molecule has 0 saturated heterocycles. The van der Waals surface area contributed by atoms with E-state index in [0.717, 1.165) is 23.3 Å². The maximum absolute atomic E-state index is 9.45. The first-order valence-electron chi connectivity index (χ1n) is 8.80. The van der Waals surface area contributed by atoms with E-state index < -0.39 is 12.1 Å². The smallest absolute Gasteiger partial charge is 0.332 e. The zero-order valence-corrected chi connectivity index (χ0v) is 16.9. The second-order valence-electron chi connectivity index (χ2n) is 6.39. The lowest BCUT2D eigenvalue weighted by Crippen LogP contribution is -2.25. The van der Waals surface area contributed by atoms with Crippen LogP contribution in [0.5, 0.6) is 5.75 Å². The number of halogens is 1. The van der Waals surface area contributed by atoms with Crippen molar-refractivity contribution in [2.24, 2.45) is 0 Å². The normalized spacial score (nSPS) is 13.7. The minimum atomic E-state index is -1.23. The van der Waals surface area contributed by atoms with Crippen LogP contribution >= 0.6 is 11.6 Å². The van der Waals surface area contributed by atoms with Crippen molar-refractivity contribution in [1.82, 2.24) is 5.32 Å². The SMILES string of the molecule is CC(O)C(=O)O.CNC(C)CC(Oc1ccc(C)cc1Cl)c1ccccc1. The van der Waals surface area contributed by atoms with Crippen LogP contribution in [0, 0.1) is 6.92 Å². The summed E-state index contributed by atoms with van der Waals surface area (Å²) in [5, 5.41) is 19.7. The third kappa shape index (κ3) is 8.43. The highest BCUT2D eigenvalue weighted by Crippen LogP contribution is 2.31. The van der Waals surface area contributed by atoms with Gasteiger partial charge in [0.2, 0.25) is 0 Å². The van der Waals surface area contributed by atoms with Gasteiger partial charge >= 0.3 is 5.97 Å². The molecule has 6 heteroatoms. The number of rotatable bonds is 7. The third-order valence-corrected chi connectivity index (χ3v) is 4.24. The number of benzene rings is 2. The molecule has 0 aliphatic carbocycles. The summed E-state index contributed by atoms with van der Waals surface area (Å²) < 4.78 is 6.19. The lowest BCUT2D eigenvalue weighted by atomic mass is 10.0. The average Bonchev–Trinajstić information content (AvgIpc) is 2.64. The van der Waals surface area contributed by atoms with Crippen LogP contribution in [0.15, 0.2) is 48.5 Å². The quantitative estimate of drug-likeness (QED) is 0.656. The van der Waals surface area contributed by atoms with Crippen molar-refractivity contribution in [3.8, 4) is 5.75 Å². The Hall–Kier alpha value is -2.08. The lowest BCUT2D eigenvalue weighted by Gasteiger charge is -2.23. The molecule has 2 aromatic carbocycles. The third-order valence-electron chi connectivity index (χ3n) is 3.95. The number of ether oxygens (including phenoxy) is 1. The highest BCUT2D eigenvalue weighted by Gasteiger charge is 2.17. The molecule has 0 aliphatic heterocycles. The molecule has 5 nitrogen and oxygen atoms in total. The predicted octanol–water partition coefficient (Wildman–Crippen LogP) is 4.22. The molecule has 2 rings (SSSR count). The Bertz CT molecular complexity index is 707. The highest BCUT2D eigenvalue weighted by atomic mass is 35.5. The lowest BCUT2D eigenvalue weighted by molar-refractivity contribution is -0.145. The van der Waals surface area contributed by atoms with Gasteiger partial charge in [0.1, 0.15) is 18.0 Å². The van der Waals surface area contributed by atoms with E-state index in [4.69, 9.17) is 26.6 Å². The topological polar surface area (TPSA) is 78.8 Å². The van der Waals surface area contributed by atoms with Gasteiger partial charge in [0, 0.05) is 12.5 Å². The molecule has 0 aliphatic rings. The molecule has 0 amide bonds. The Kier molecular flexibility index (Phi) is 9.86. The summed E-state index contributed by atoms with van der Waals surface area (Å²) >= 11 is 6.29. The Morgan fingerprint density at radius 2 is 1.78 bits per heavy atom. The predicted molar refractivity (Wildman–Crippen MR) is 108 cm³/mol. The van der Waals surface area contributed by atoms with Crippen LogP contribution in [0.3, 0.4) is 0 Å². The van der Waals surface area contributed by atoms with Gasteiger partial charge in [-0.3, -0.25) is 0 Å². The second kappa shape index (κ2) is 11.6. The van der Waals surface area contributed by atoms with E-state index in [1.165, 1.54) is 6.92 Å². The van der Waals surface area contributed by atoms with Gasteiger partial charge in [-0.1, -0.05) is 48.0 Å². The standard InChI is InChI=1S/C18H22ClNO.C3H6O3/c1-13-9-10-17(16(19)11-13)21-18(12-14(2)20-3)15-7-5-4-6-8-15;1-2(4)3(5)6/h4-11,14,18,20H,12H2,1-3H3;2,4H,1H3,(H,5,6). The van der Waals surface area contributed by atoms with Crippen molar-refractivity contribution >= 4 is 17.6 Å². The molecule has 3 atom stereocenters. The number of carbonyl (C=O) groups is 1. The summed E-state index contributed by atoms with van der Waals surface area (Å²) in [5.41, 5.74) is 2.29. The first-order chi connectivity index (χ1) is 12.7. The summed E-state index contributed by atoms with van der Waals surface area (Å²) in [6, 6.07) is 16.5. The van der Waals surface area contributed by atoms with Gasteiger partial charge in [0.05, 0.1) is 5.02 Å². The van der Waals surface area contributed by atoms with Crippen LogP contribution < -0.4 is 10.1 Å². The number of carboxylic acid groups (broad SMARTS) is 1. The molecule has 0 aromatic heterocycles. The summed E-state index contributed by atoms with van der Waals surface area (Å²) in [4.78, 5) is 9.45. The maximum Gasteiger partial charge on any atom is 0.332 e. The fraction of sp³-hybridized carbons (Fsp3) is 0.381. The molecule has 0 heterocycles. The monoisotopic (exact) mass is 393 g/mol. The number of hydrogen-bond donors (Lipinski definition) is 3. The summed E-state index contributed by atoms with van der Waals surface area (Å²) in [6.07, 6.45) is -0.371. The van der Waals surface area contributed by atoms with Gasteiger partial charge in [0.15, 0.2) is 0 Å². The fourth-order valence-electron chi connectivity index (χ4n) is 2.21. The van der Waals surface area contributed by atoms with E-state index in [9.17, 15) is 4.79 Å².